The van der Waals surface area contributed by atoms with Gasteiger partial charge in [-0.1, -0.05) is 24.6 Å². The van der Waals surface area contributed by atoms with E-state index in [1.165, 1.54) is 5.56 Å². The summed E-state index contributed by atoms with van der Waals surface area (Å²) in [6.45, 7) is 4.45. The molecular formula is C14H22N2O2. The van der Waals surface area contributed by atoms with Crippen molar-refractivity contribution in [3.63, 3.8) is 0 Å². The Bertz CT molecular complexity index is 363. The summed E-state index contributed by atoms with van der Waals surface area (Å²) in [6.07, 6.45) is 1.58. The van der Waals surface area contributed by atoms with Crippen molar-refractivity contribution in [3.8, 4) is 0 Å². The van der Waals surface area contributed by atoms with Gasteiger partial charge in [-0.2, -0.15) is 0 Å². The number of hydrogen-bond acceptors (Lipinski definition) is 3. The van der Waals surface area contributed by atoms with Gasteiger partial charge in [-0.25, -0.2) is 0 Å². The Balaban J connectivity index is 2.35. The molecule has 1 atom stereocenters. The average Bonchev–Trinajstić information content (AvgIpc) is 2.37. The third kappa shape index (κ3) is 5.29. The molecule has 100 valence electrons. The zero-order valence-electron chi connectivity index (χ0n) is 11.1. The molecule has 1 rings (SSSR count). The van der Waals surface area contributed by atoms with Crippen LogP contribution in [-0.2, 0) is 4.79 Å². The first-order chi connectivity index (χ1) is 8.65. The summed E-state index contributed by atoms with van der Waals surface area (Å²) >= 11 is 0. The van der Waals surface area contributed by atoms with Crippen LogP contribution in [0.1, 0.15) is 25.3 Å². The van der Waals surface area contributed by atoms with Crippen LogP contribution >= 0.6 is 0 Å². The molecule has 0 saturated carbocycles. The van der Waals surface area contributed by atoms with Crippen molar-refractivity contribution in [2.24, 2.45) is 0 Å². The Morgan fingerprint density at radius 2 is 2.00 bits per heavy atom. The van der Waals surface area contributed by atoms with Gasteiger partial charge >= 0.3 is 0 Å². The molecule has 1 amide bonds. The second-order valence-electron chi connectivity index (χ2n) is 4.41. The van der Waals surface area contributed by atoms with Gasteiger partial charge in [-0.15, -0.1) is 0 Å². The maximum absolute atomic E-state index is 11.7. The summed E-state index contributed by atoms with van der Waals surface area (Å²) < 4.78 is 0. The zero-order valence-corrected chi connectivity index (χ0v) is 11.1. The van der Waals surface area contributed by atoms with Crippen LogP contribution in [0.2, 0.25) is 0 Å². The second-order valence-corrected chi connectivity index (χ2v) is 4.41. The molecule has 3 N–H and O–H groups in total. The van der Waals surface area contributed by atoms with E-state index in [1.807, 2.05) is 38.1 Å². The quantitative estimate of drug-likeness (QED) is 0.690. The van der Waals surface area contributed by atoms with Crippen LogP contribution < -0.4 is 10.6 Å². The number of anilines is 1. The number of amides is 1. The van der Waals surface area contributed by atoms with E-state index in [9.17, 15) is 4.79 Å². The fourth-order valence-electron chi connectivity index (χ4n) is 1.69. The predicted octanol–water partition coefficient (Wildman–Crippen LogP) is 1.68. The highest BCUT2D eigenvalue weighted by Gasteiger charge is 2.07. The van der Waals surface area contributed by atoms with Crippen molar-refractivity contribution in [2.45, 2.75) is 32.7 Å². The van der Waals surface area contributed by atoms with Crippen LogP contribution in [0.15, 0.2) is 24.3 Å². The molecule has 1 aromatic carbocycles. The number of nitrogens with one attached hydrogen (secondary N) is 2. The van der Waals surface area contributed by atoms with Crippen LogP contribution in [0.4, 0.5) is 5.69 Å². The van der Waals surface area contributed by atoms with Gasteiger partial charge in [-0.3, -0.25) is 4.79 Å². The lowest BCUT2D eigenvalue weighted by Crippen LogP contribution is -2.36. The standard InChI is InChI=1S/C14H22N2O2/c1-3-12(8-9-17)15-10-14(18)16-13-6-4-11(2)5-7-13/h4-7,12,15,17H,3,8-10H2,1-2H3,(H,16,18). The van der Waals surface area contributed by atoms with Gasteiger partial charge in [0.25, 0.3) is 0 Å². The van der Waals surface area contributed by atoms with E-state index in [4.69, 9.17) is 5.11 Å². The molecule has 18 heavy (non-hydrogen) atoms. The topological polar surface area (TPSA) is 61.4 Å². The summed E-state index contributed by atoms with van der Waals surface area (Å²) in [5.41, 5.74) is 1.97. The van der Waals surface area contributed by atoms with Gasteiger partial charge in [0, 0.05) is 18.3 Å². The SMILES string of the molecule is CCC(CCO)NCC(=O)Nc1ccc(C)cc1. The lowest BCUT2D eigenvalue weighted by atomic mass is 10.1. The van der Waals surface area contributed by atoms with E-state index in [2.05, 4.69) is 10.6 Å². The number of benzene rings is 1. The molecule has 4 nitrogen and oxygen atoms in total. The summed E-state index contributed by atoms with van der Waals surface area (Å²) in [5, 5.41) is 14.8. The molecular weight excluding hydrogens is 228 g/mol. The van der Waals surface area contributed by atoms with E-state index >= 15 is 0 Å². The van der Waals surface area contributed by atoms with Crippen molar-refractivity contribution in [3.05, 3.63) is 29.8 Å². The number of carbonyl (C=O) groups excluding carboxylic acids is 1. The highest BCUT2D eigenvalue weighted by Crippen LogP contribution is 2.08. The van der Waals surface area contributed by atoms with E-state index < -0.39 is 0 Å². The second kappa shape index (κ2) is 7.84. The van der Waals surface area contributed by atoms with Gasteiger partial charge in [0.05, 0.1) is 6.54 Å². The highest BCUT2D eigenvalue weighted by molar-refractivity contribution is 5.92. The zero-order chi connectivity index (χ0) is 13.4. The first-order valence-corrected chi connectivity index (χ1v) is 6.36. The van der Waals surface area contributed by atoms with E-state index in [1.54, 1.807) is 0 Å². The summed E-state index contributed by atoms with van der Waals surface area (Å²) in [7, 11) is 0. The molecule has 1 aromatic rings. The predicted molar refractivity (Wildman–Crippen MR) is 73.6 cm³/mol. The molecule has 0 radical (unpaired) electrons. The minimum Gasteiger partial charge on any atom is -0.396 e. The number of aliphatic hydroxyl groups is 1. The van der Waals surface area contributed by atoms with E-state index in [-0.39, 0.29) is 25.1 Å². The fraction of sp³-hybridized carbons (Fsp3) is 0.500. The normalized spacial score (nSPS) is 12.2. The highest BCUT2D eigenvalue weighted by atomic mass is 16.3. The molecule has 0 aliphatic heterocycles. The lowest BCUT2D eigenvalue weighted by Gasteiger charge is -2.15. The molecule has 1 unspecified atom stereocenters. The summed E-state index contributed by atoms with van der Waals surface area (Å²) in [4.78, 5) is 11.7. The van der Waals surface area contributed by atoms with Crippen molar-refractivity contribution < 1.29 is 9.90 Å². The average molecular weight is 250 g/mol. The number of aryl methyl sites for hydroxylation is 1. The minimum absolute atomic E-state index is 0.0600. The van der Waals surface area contributed by atoms with Crippen LogP contribution in [0.25, 0.3) is 0 Å². The molecule has 0 aliphatic rings. The molecule has 0 heterocycles. The number of hydrogen-bond donors (Lipinski definition) is 3. The summed E-state index contributed by atoms with van der Waals surface area (Å²) in [5.74, 6) is -0.0600. The Hall–Kier alpha value is -1.39. The molecule has 0 aliphatic carbocycles. The molecule has 0 fully saturated rings. The Kier molecular flexibility index (Phi) is 6.39. The first-order valence-electron chi connectivity index (χ1n) is 6.36. The van der Waals surface area contributed by atoms with Crippen molar-refractivity contribution in [2.75, 3.05) is 18.5 Å². The number of carbonyl (C=O) groups is 1. The first kappa shape index (κ1) is 14.7. The van der Waals surface area contributed by atoms with Crippen molar-refractivity contribution in [1.29, 1.82) is 0 Å². The van der Waals surface area contributed by atoms with Gasteiger partial charge in [0.1, 0.15) is 0 Å². The van der Waals surface area contributed by atoms with Gasteiger partial charge in [-0.05, 0) is 31.9 Å². The molecule has 0 saturated heterocycles. The van der Waals surface area contributed by atoms with E-state index in [0.29, 0.717) is 6.42 Å². The maximum Gasteiger partial charge on any atom is 0.238 e. The fourth-order valence-corrected chi connectivity index (χ4v) is 1.69. The Morgan fingerprint density at radius 1 is 1.33 bits per heavy atom. The minimum atomic E-state index is -0.0600. The maximum atomic E-state index is 11.7. The van der Waals surface area contributed by atoms with Crippen LogP contribution in [0, 0.1) is 6.92 Å². The Morgan fingerprint density at radius 3 is 2.56 bits per heavy atom. The largest absolute Gasteiger partial charge is 0.396 e. The number of rotatable bonds is 7. The van der Waals surface area contributed by atoms with Crippen LogP contribution in [0.3, 0.4) is 0 Å². The van der Waals surface area contributed by atoms with E-state index in [0.717, 1.165) is 12.1 Å². The van der Waals surface area contributed by atoms with Gasteiger partial charge < -0.3 is 15.7 Å². The molecule has 0 spiro atoms. The smallest absolute Gasteiger partial charge is 0.238 e. The molecule has 0 aromatic heterocycles. The number of aliphatic hydroxyl groups excluding tert-OH is 1. The van der Waals surface area contributed by atoms with Crippen molar-refractivity contribution in [1.82, 2.24) is 5.32 Å². The van der Waals surface area contributed by atoms with Crippen LogP contribution in [-0.4, -0.2) is 30.2 Å². The molecule has 4 heteroatoms. The van der Waals surface area contributed by atoms with Gasteiger partial charge in [0.15, 0.2) is 0 Å². The third-order valence-electron chi connectivity index (χ3n) is 2.86. The third-order valence-corrected chi connectivity index (χ3v) is 2.86. The lowest BCUT2D eigenvalue weighted by molar-refractivity contribution is -0.115. The Labute approximate surface area is 108 Å². The summed E-state index contributed by atoms with van der Waals surface area (Å²) in [6, 6.07) is 7.89. The van der Waals surface area contributed by atoms with Gasteiger partial charge in [0.2, 0.25) is 5.91 Å². The molecule has 0 bridgehead atoms. The van der Waals surface area contributed by atoms with Crippen LogP contribution in [0.5, 0.6) is 0 Å². The van der Waals surface area contributed by atoms with Crippen molar-refractivity contribution >= 4 is 11.6 Å². The monoisotopic (exact) mass is 250 g/mol.